The Morgan fingerprint density at radius 3 is 2.44 bits per heavy atom. The van der Waals surface area contributed by atoms with Crippen LogP contribution in [0.2, 0.25) is 0 Å². The molecule has 7 nitrogen and oxygen atoms in total. The Hall–Kier alpha value is -2.09. The lowest BCUT2D eigenvalue weighted by Crippen LogP contribution is -2.40. The maximum atomic E-state index is 12.7. The average molecular weight is 366 g/mol. The minimum Gasteiger partial charge on any atom is -0.481 e. The second-order valence-corrected chi connectivity index (χ2v) is 8.59. The highest BCUT2D eigenvalue weighted by Crippen LogP contribution is 2.30. The second-order valence-electron chi connectivity index (χ2n) is 6.69. The number of rotatable bonds is 3. The lowest BCUT2D eigenvalue weighted by molar-refractivity contribution is -0.143. The van der Waals surface area contributed by atoms with Crippen LogP contribution >= 0.6 is 0 Å². The van der Waals surface area contributed by atoms with Crippen molar-refractivity contribution in [3.05, 3.63) is 29.3 Å². The number of likely N-dealkylation sites (tertiary alicyclic amines) is 1. The Labute approximate surface area is 147 Å². The minimum absolute atomic E-state index is 0.122. The van der Waals surface area contributed by atoms with E-state index >= 15 is 0 Å². The van der Waals surface area contributed by atoms with Crippen LogP contribution in [0.15, 0.2) is 18.2 Å². The third kappa shape index (κ3) is 3.63. The van der Waals surface area contributed by atoms with E-state index in [9.17, 15) is 18.0 Å². The molecule has 0 unspecified atom stereocenters. The van der Waals surface area contributed by atoms with Crippen LogP contribution in [-0.2, 0) is 21.2 Å². The van der Waals surface area contributed by atoms with Gasteiger partial charge in [0.15, 0.2) is 0 Å². The predicted molar refractivity (Wildman–Crippen MR) is 93.2 cm³/mol. The Balaban J connectivity index is 1.78. The maximum absolute atomic E-state index is 12.7. The van der Waals surface area contributed by atoms with Crippen molar-refractivity contribution < 1.29 is 23.1 Å². The fourth-order valence-corrected chi connectivity index (χ4v) is 4.55. The Bertz CT molecular complexity index is 797. The summed E-state index contributed by atoms with van der Waals surface area (Å²) in [6.45, 7) is 1.33. The van der Waals surface area contributed by atoms with Gasteiger partial charge in [-0.2, -0.15) is 0 Å². The fraction of sp³-hybridized carbons (Fsp3) is 0.529. The number of carboxylic acids is 1. The average Bonchev–Trinajstić information content (AvgIpc) is 2.59. The highest BCUT2D eigenvalue weighted by atomic mass is 32.2. The van der Waals surface area contributed by atoms with Gasteiger partial charge >= 0.3 is 5.97 Å². The molecule has 1 aromatic rings. The van der Waals surface area contributed by atoms with Crippen LogP contribution in [0, 0.1) is 5.92 Å². The van der Waals surface area contributed by atoms with Gasteiger partial charge in [-0.3, -0.25) is 13.9 Å². The van der Waals surface area contributed by atoms with Crippen molar-refractivity contribution in [1.29, 1.82) is 0 Å². The SMILES string of the molecule is CS(=O)(=O)N1CCCc2cc(C(=O)N3CCC(C(=O)O)CC3)ccc21. The summed E-state index contributed by atoms with van der Waals surface area (Å²) in [4.78, 5) is 25.4. The molecule has 1 saturated heterocycles. The zero-order chi connectivity index (χ0) is 18.2. The number of hydrogen-bond donors (Lipinski definition) is 1. The number of carbonyl (C=O) groups is 2. The van der Waals surface area contributed by atoms with Crippen molar-refractivity contribution in [3.63, 3.8) is 0 Å². The van der Waals surface area contributed by atoms with Crippen molar-refractivity contribution in [2.45, 2.75) is 25.7 Å². The number of carbonyl (C=O) groups excluding carboxylic acids is 1. The topological polar surface area (TPSA) is 95.0 Å². The summed E-state index contributed by atoms with van der Waals surface area (Å²) in [6.07, 6.45) is 3.58. The molecular weight excluding hydrogens is 344 g/mol. The smallest absolute Gasteiger partial charge is 0.306 e. The van der Waals surface area contributed by atoms with E-state index in [1.54, 1.807) is 23.1 Å². The van der Waals surface area contributed by atoms with Crippen LogP contribution in [0.3, 0.4) is 0 Å². The van der Waals surface area contributed by atoms with Gasteiger partial charge in [0.1, 0.15) is 0 Å². The standard InChI is InChI=1S/C17H22N2O5S/c1-25(23,24)19-8-2-3-13-11-14(4-5-15(13)19)16(20)18-9-6-12(7-10-18)17(21)22/h4-5,11-12H,2-3,6-10H2,1H3,(H,21,22). The molecule has 8 heteroatoms. The maximum Gasteiger partial charge on any atom is 0.306 e. The van der Waals surface area contributed by atoms with Crippen molar-refractivity contribution in [2.75, 3.05) is 30.2 Å². The molecule has 0 aliphatic carbocycles. The normalized spacial score (nSPS) is 18.8. The Morgan fingerprint density at radius 2 is 1.84 bits per heavy atom. The van der Waals surface area contributed by atoms with Crippen molar-refractivity contribution in [1.82, 2.24) is 4.90 Å². The number of amides is 1. The molecule has 1 fully saturated rings. The molecular formula is C17H22N2O5S. The summed E-state index contributed by atoms with van der Waals surface area (Å²) in [5, 5.41) is 9.05. The van der Waals surface area contributed by atoms with Gasteiger partial charge in [-0.05, 0) is 49.4 Å². The molecule has 25 heavy (non-hydrogen) atoms. The van der Waals surface area contributed by atoms with E-state index in [1.165, 1.54) is 10.6 Å². The number of aliphatic carboxylic acids is 1. The second kappa shape index (κ2) is 6.67. The van der Waals surface area contributed by atoms with Gasteiger partial charge in [-0.1, -0.05) is 0 Å². The summed E-state index contributed by atoms with van der Waals surface area (Å²) in [7, 11) is -3.32. The molecule has 1 amide bonds. The van der Waals surface area contributed by atoms with Gasteiger partial charge in [0.25, 0.3) is 5.91 Å². The molecule has 1 N–H and O–H groups in total. The van der Waals surface area contributed by atoms with Gasteiger partial charge in [0.05, 0.1) is 17.9 Å². The van der Waals surface area contributed by atoms with Gasteiger partial charge in [-0.25, -0.2) is 8.42 Å². The summed E-state index contributed by atoms with van der Waals surface area (Å²) in [5.74, 6) is -1.30. The lowest BCUT2D eigenvalue weighted by atomic mass is 9.96. The molecule has 0 spiro atoms. The molecule has 2 aliphatic heterocycles. The molecule has 0 bridgehead atoms. The number of sulfonamides is 1. The van der Waals surface area contributed by atoms with E-state index in [0.717, 1.165) is 18.4 Å². The molecule has 136 valence electrons. The monoisotopic (exact) mass is 366 g/mol. The Kier molecular flexibility index (Phi) is 4.73. The first-order valence-electron chi connectivity index (χ1n) is 8.40. The molecule has 2 heterocycles. The summed E-state index contributed by atoms with van der Waals surface area (Å²) in [6, 6.07) is 5.14. The number of nitrogens with zero attached hydrogens (tertiary/aromatic N) is 2. The van der Waals surface area contributed by atoms with Crippen LogP contribution in [-0.4, -0.2) is 56.2 Å². The van der Waals surface area contributed by atoms with Crippen LogP contribution < -0.4 is 4.31 Å². The van der Waals surface area contributed by atoms with E-state index in [0.29, 0.717) is 43.7 Å². The number of benzene rings is 1. The highest BCUT2D eigenvalue weighted by molar-refractivity contribution is 7.92. The zero-order valence-electron chi connectivity index (χ0n) is 14.1. The number of carboxylic acid groups (broad SMARTS) is 1. The van der Waals surface area contributed by atoms with E-state index < -0.39 is 16.0 Å². The summed E-state index contributed by atoms with van der Waals surface area (Å²) in [5.41, 5.74) is 2.04. The molecule has 1 aromatic carbocycles. The van der Waals surface area contributed by atoms with Crippen LogP contribution in [0.4, 0.5) is 5.69 Å². The van der Waals surface area contributed by atoms with E-state index in [-0.39, 0.29) is 11.8 Å². The third-order valence-electron chi connectivity index (χ3n) is 4.93. The van der Waals surface area contributed by atoms with Gasteiger partial charge < -0.3 is 10.0 Å². The number of anilines is 1. The summed E-state index contributed by atoms with van der Waals surface area (Å²) >= 11 is 0. The number of hydrogen-bond acceptors (Lipinski definition) is 4. The Morgan fingerprint density at radius 1 is 1.16 bits per heavy atom. The predicted octanol–water partition coefficient (Wildman–Crippen LogP) is 1.34. The first-order valence-corrected chi connectivity index (χ1v) is 10.2. The number of aryl methyl sites for hydroxylation is 1. The largest absolute Gasteiger partial charge is 0.481 e. The van der Waals surface area contributed by atoms with Crippen molar-refractivity contribution in [3.8, 4) is 0 Å². The van der Waals surface area contributed by atoms with Gasteiger partial charge in [0, 0.05) is 25.2 Å². The van der Waals surface area contributed by atoms with E-state index in [1.807, 2.05) is 0 Å². The molecule has 3 rings (SSSR count). The van der Waals surface area contributed by atoms with Crippen LogP contribution in [0.25, 0.3) is 0 Å². The van der Waals surface area contributed by atoms with E-state index in [4.69, 9.17) is 5.11 Å². The first-order chi connectivity index (χ1) is 11.8. The highest BCUT2D eigenvalue weighted by Gasteiger charge is 2.29. The molecule has 0 atom stereocenters. The third-order valence-corrected chi connectivity index (χ3v) is 6.11. The van der Waals surface area contributed by atoms with Crippen LogP contribution in [0.1, 0.15) is 35.2 Å². The fourth-order valence-electron chi connectivity index (χ4n) is 3.55. The van der Waals surface area contributed by atoms with Crippen molar-refractivity contribution in [2.24, 2.45) is 5.92 Å². The quantitative estimate of drug-likeness (QED) is 0.871. The van der Waals surface area contributed by atoms with E-state index in [2.05, 4.69) is 0 Å². The minimum atomic E-state index is -3.32. The lowest BCUT2D eigenvalue weighted by Gasteiger charge is -2.32. The van der Waals surface area contributed by atoms with Gasteiger partial charge in [-0.15, -0.1) is 0 Å². The summed E-state index contributed by atoms with van der Waals surface area (Å²) < 4.78 is 25.2. The zero-order valence-corrected chi connectivity index (χ0v) is 15.0. The number of piperidine rings is 1. The molecule has 0 aromatic heterocycles. The number of fused-ring (bicyclic) bond motifs is 1. The van der Waals surface area contributed by atoms with Crippen LogP contribution in [0.5, 0.6) is 0 Å². The molecule has 0 saturated carbocycles. The molecule has 2 aliphatic rings. The van der Waals surface area contributed by atoms with Gasteiger partial charge in [0.2, 0.25) is 10.0 Å². The van der Waals surface area contributed by atoms with Crippen molar-refractivity contribution >= 4 is 27.6 Å². The molecule has 0 radical (unpaired) electrons. The first kappa shape index (κ1) is 17.7.